The molecular formula is C20H22N2O5S2. The predicted molar refractivity (Wildman–Crippen MR) is 113 cm³/mol. The van der Waals surface area contributed by atoms with Crippen LogP contribution in [-0.4, -0.2) is 38.3 Å². The average Bonchev–Trinajstić information content (AvgIpc) is 2.71. The second kappa shape index (κ2) is 8.87. The molecule has 2 aromatic rings. The molecule has 0 spiro atoms. The van der Waals surface area contributed by atoms with Crippen molar-refractivity contribution in [2.24, 2.45) is 0 Å². The first-order chi connectivity index (χ1) is 13.8. The molecule has 3 rings (SSSR count). The van der Waals surface area contributed by atoms with Gasteiger partial charge in [-0.15, -0.1) is 11.8 Å². The Labute approximate surface area is 174 Å². The van der Waals surface area contributed by atoms with Crippen LogP contribution in [-0.2, 0) is 19.4 Å². The van der Waals surface area contributed by atoms with Crippen LogP contribution in [0.5, 0.6) is 5.75 Å². The van der Waals surface area contributed by atoms with Gasteiger partial charge in [-0.2, -0.15) is 0 Å². The molecule has 29 heavy (non-hydrogen) atoms. The van der Waals surface area contributed by atoms with Crippen LogP contribution in [0.1, 0.15) is 19.8 Å². The Balaban J connectivity index is 1.66. The molecule has 2 amide bonds. The Morgan fingerprint density at radius 3 is 2.76 bits per heavy atom. The summed E-state index contributed by atoms with van der Waals surface area (Å²) in [5.41, 5.74) is 1.03. The van der Waals surface area contributed by atoms with Gasteiger partial charge in [0.1, 0.15) is 5.75 Å². The number of hydrogen-bond acceptors (Lipinski definition) is 6. The second-order valence-electron chi connectivity index (χ2n) is 6.51. The molecule has 1 aliphatic rings. The Hall–Kier alpha value is -2.52. The van der Waals surface area contributed by atoms with E-state index in [0.29, 0.717) is 23.5 Å². The molecule has 0 aliphatic carbocycles. The standard InChI is InChI=1S/C20H22N2O5S2/c1-3-17-20(24)22-16-12-15(7-8-18(16)28-17)29(25,26)10-9-19(23)21-13-5-4-6-14(11-13)27-2/h4-8,11-12,17H,3,9-10H2,1-2H3,(H,21,23)(H,22,24)/t17-/m0/s1. The third-order valence-electron chi connectivity index (χ3n) is 4.45. The van der Waals surface area contributed by atoms with Crippen molar-refractivity contribution in [1.82, 2.24) is 0 Å². The number of benzene rings is 2. The van der Waals surface area contributed by atoms with Gasteiger partial charge in [0.05, 0.1) is 28.7 Å². The van der Waals surface area contributed by atoms with Gasteiger partial charge in [0.25, 0.3) is 0 Å². The number of nitrogens with one attached hydrogen (secondary N) is 2. The van der Waals surface area contributed by atoms with Crippen molar-refractivity contribution in [3.63, 3.8) is 0 Å². The third-order valence-corrected chi connectivity index (χ3v) is 7.61. The van der Waals surface area contributed by atoms with E-state index in [2.05, 4.69) is 10.6 Å². The normalized spacial score (nSPS) is 15.9. The monoisotopic (exact) mass is 434 g/mol. The topological polar surface area (TPSA) is 102 Å². The Morgan fingerprint density at radius 2 is 2.03 bits per heavy atom. The molecule has 154 valence electrons. The zero-order valence-electron chi connectivity index (χ0n) is 16.1. The number of ether oxygens (including phenoxy) is 1. The molecule has 0 fully saturated rings. The molecule has 7 nitrogen and oxygen atoms in total. The second-order valence-corrected chi connectivity index (χ2v) is 9.86. The maximum absolute atomic E-state index is 12.7. The SMILES string of the molecule is CC[C@@H]1Sc2ccc(S(=O)(=O)CCC(=O)Nc3cccc(OC)c3)cc2NC1=O. The van der Waals surface area contributed by atoms with E-state index in [0.717, 1.165) is 4.90 Å². The fourth-order valence-electron chi connectivity index (χ4n) is 2.86. The summed E-state index contributed by atoms with van der Waals surface area (Å²) in [6, 6.07) is 11.5. The van der Waals surface area contributed by atoms with Crippen molar-refractivity contribution in [2.75, 3.05) is 23.5 Å². The van der Waals surface area contributed by atoms with E-state index in [-0.39, 0.29) is 28.2 Å². The first kappa shape index (κ1) is 21.2. The van der Waals surface area contributed by atoms with E-state index >= 15 is 0 Å². The van der Waals surface area contributed by atoms with Gasteiger partial charge in [-0.3, -0.25) is 9.59 Å². The molecule has 0 saturated carbocycles. The maximum Gasteiger partial charge on any atom is 0.237 e. The van der Waals surface area contributed by atoms with Crippen LogP contribution in [0.4, 0.5) is 11.4 Å². The van der Waals surface area contributed by atoms with E-state index in [9.17, 15) is 18.0 Å². The van der Waals surface area contributed by atoms with E-state index in [1.165, 1.54) is 31.0 Å². The van der Waals surface area contributed by atoms with Crippen molar-refractivity contribution >= 4 is 44.8 Å². The fourth-order valence-corrected chi connectivity index (χ4v) is 5.15. The number of thioether (sulfide) groups is 1. The van der Waals surface area contributed by atoms with Gasteiger partial charge >= 0.3 is 0 Å². The Kier molecular flexibility index (Phi) is 6.49. The first-order valence-corrected chi connectivity index (χ1v) is 11.6. The summed E-state index contributed by atoms with van der Waals surface area (Å²) < 4.78 is 30.4. The third kappa shape index (κ3) is 5.10. The zero-order chi connectivity index (χ0) is 21.0. The quantitative estimate of drug-likeness (QED) is 0.693. The molecule has 0 bridgehead atoms. The van der Waals surface area contributed by atoms with Crippen LogP contribution in [0.3, 0.4) is 0 Å². The smallest absolute Gasteiger partial charge is 0.237 e. The lowest BCUT2D eigenvalue weighted by molar-refractivity contribution is -0.116. The summed E-state index contributed by atoms with van der Waals surface area (Å²) in [5.74, 6) is -0.276. The minimum Gasteiger partial charge on any atom is -0.497 e. The summed E-state index contributed by atoms with van der Waals surface area (Å²) >= 11 is 1.43. The lowest BCUT2D eigenvalue weighted by Crippen LogP contribution is -2.28. The molecule has 9 heteroatoms. The minimum absolute atomic E-state index is 0.0845. The van der Waals surface area contributed by atoms with Crippen LogP contribution in [0.25, 0.3) is 0 Å². The lowest BCUT2D eigenvalue weighted by Gasteiger charge is -2.23. The van der Waals surface area contributed by atoms with Crippen molar-refractivity contribution in [3.8, 4) is 5.75 Å². The number of carbonyl (C=O) groups excluding carboxylic acids is 2. The Morgan fingerprint density at radius 1 is 1.24 bits per heavy atom. The summed E-state index contributed by atoms with van der Waals surface area (Å²) in [4.78, 5) is 25.1. The highest BCUT2D eigenvalue weighted by atomic mass is 32.2. The minimum atomic E-state index is -3.68. The van der Waals surface area contributed by atoms with E-state index in [1.807, 2.05) is 6.92 Å². The molecular weight excluding hydrogens is 412 g/mol. The van der Waals surface area contributed by atoms with Crippen LogP contribution in [0.2, 0.25) is 0 Å². The summed E-state index contributed by atoms with van der Waals surface area (Å²) in [6.45, 7) is 1.93. The number of rotatable bonds is 7. The number of sulfone groups is 1. The molecule has 0 saturated heterocycles. The Bertz CT molecular complexity index is 1040. The van der Waals surface area contributed by atoms with Crippen molar-refractivity contribution < 1.29 is 22.7 Å². The maximum atomic E-state index is 12.7. The molecule has 1 atom stereocenters. The highest BCUT2D eigenvalue weighted by Gasteiger charge is 2.27. The predicted octanol–water partition coefficient (Wildman–Crippen LogP) is 3.32. The largest absolute Gasteiger partial charge is 0.497 e. The lowest BCUT2D eigenvalue weighted by atomic mass is 10.2. The zero-order valence-corrected chi connectivity index (χ0v) is 17.7. The number of fused-ring (bicyclic) bond motifs is 1. The van der Waals surface area contributed by atoms with Crippen molar-refractivity contribution in [2.45, 2.75) is 34.8 Å². The molecule has 2 N–H and O–H groups in total. The van der Waals surface area contributed by atoms with Gasteiger partial charge in [-0.05, 0) is 36.8 Å². The molecule has 0 unspecified atom stereocenters. The first-order valence-electron chi connectivity index (χ1n) is 9.10. The molecule has 1 aliphatic heterocycles. The average molecular weight is 435 g/mol. The summed E-state index contributed by atoms with van der Waals surface area (Å²) in [6.07, 6.45) is 0.508. The van der Waals surface area contributed by atoms with Gasteiger partial charge in [-0.25, -0.2) is 8.42 Å². The summed E-state index contributed by atoms with van der Waals surface area (Å²) in [5, 5.41) is 5.25. The number of carbonyl (C=O) groups is 2. The van der Waals surface area contributed by atoms with E-state index in [1.54, 1.807) is 30.3 Å². The number of amides is 2. The van der Waals surface area contributed by atoms with Crippen molar-refractivity contribution in [1.29, 1.82) is 0 Å². The van der Waals surface area contributed by atoms with Crippen LogP contribution in [0, 0.1) is 0 Å². The van der Waals surface area contributed by atoms with Gasteiger partial charge in [-0.1, -0.05) is 13.0 Å². The molecule has 0 aromatic heterocycles. The number of methoxy groups -OCH3 is 1. The summed E-state index contributed by atoms with van der Waals surface area (Å²) in [7, 11) is -2.15. The highest BCUT2D eigenvalue weighted by Crippen LogP contribution is 2.38. The van der Waals surface area contributed by atoms with Gasteiger partial charge in [0.2, 0.25) is 11.8 Å². The fraction of sp³-hybridized carbons (Fsp3) is 0.300. The van der Waals surface area contributed by atoms with Crippen LogP contribution >= 0.6 is 11.8 Å². The van der Waals surface area contributed by atoms with Crippen molar-refractivity contribution in [3.05, 3.63) is 42.5 Å². The van der Waals surface area contributed by atoms with Gasteiger partial charge in [0, 0.05) is 23.1 Å². The van der Waals surface area contributed by atoms with Crippen LogP contribution in [0.15, 0.2) is 52.3 Å². The highest BCUT2D eigenvalue weighted by molar-refractivity contribution is 8.01. The number of anilines is 2. The van der Waals surface area contributed by atoms with E-state index < -0.39 is 15.7 Å². The molecule has 2 aromatic carbocycles. The molecule has 0 radical (unpaired) electrons. The number of hydrogen-bond donors (Lipinski definition) is 2. The van der Waals surface area contributed by atoms with E-state index in [4.69, 9.17) is 4.74 Å². The molecule has 1 heterocycles. The van der Waals surface area contributed by atoms with Crippen LogP contribution < -0.4 is 15.4 Å². The van der Waals surface area contributed by atoms with Gasteiger partial charge in [0.15, 0.2) is 9.84 Å². The van der Waals surface area contributed by atoms with Gasteiger partial charge < -0.3 is 15.4 Å².